The average molecular weight is 585 g/mol. The van der Waals surface area contributed by atoms with E-state index in [9.17, 15) is 13.2 Å². The van der Waals surface area contributed by atoms with Crippen LogP contribution < -0.4 is 30.6 Å². The zero-order valence-corrected chi connectivity index (χ0v) is 25.3. The minimum absolute atomic E-state index is 0.0774. The van der Waals surface area contributed by atoms with E-state index in [1.807, 2.05) is 33.8 Å². The van der Waals surface area contributed by atoms with Gasteiger partial charge in [-0.3, -0.25) is 9.52 Å². The van der Waals surface area contributed by atoms with Gasteiger partial charge in [0.25, 0.3) is 0 Å². The number of primary amides is 1. The van der Waals surface area contributed by atoms with Gasteiger partial charge in [-0.15, -0.1) is 0 Å². The molecule has 5 N–H and O–H groups in total. The fourth-order valence-electron chi connectivity index (χ4n) is 5.16. The van der Waals surface area contributed by atoms with Gasteiger partial charge in [-0.1, -0.05) is 32.9 Å². The van der Waals surface area contributed by atoms with Crippen LogP contribution in [0, 0.1) is 0 Å². The number of piperidine rings is 1. The molecule has 1 fully saturated rings. The van der Waals surface area contributed by atoms with Gasteiger partial charge in [0, 0.05) is 29.7 Å². The highest BCUT2D eigenvalue weighted by Gasteiger charge is 2.44. The third-order valence-corrected chi connectivity index (χ3v) is 8.02. The van der Waals surface area contributed by atoms with E-state index >= 15 is 0 Å². The van der Waals surface area contributed by atoms with Gasteiger partial charge in [0.2, 0.25) is 21.8 Å². The van der Waals surface area contributed by atoms with E-state index in [0.29, 0.717) is 17.0 Å². The molecular weight excluding hydrogens is 544 g/mol. The van der Waals surface area contributed by atoms with Crippen molar-refractivity contribution in [3.8, 4) is 11.6 Å². The van der Waals surface area contributed by atoms with Gasteiger partial charge >= 0.3 is 0 Å². The average Bonchev–Trinajstić information content (AvgIpc) is 2.89. The molecule has 0 bridgehead atoms. The fraction of sp³-hybridized carbons (Fsp3) is 0.483. The molecule has 1 amide bonds. The number of ether oxygens (including phenoxy) is 2. The zero-order valence-electron chi connectivity index (χ0n) is 24.5. The predicted octanol–water partition coefficient (Wildman–Crippen LogP) is 3.35. The number of nitrogens with two attached hydrogens (primary N) is 1. The van der Waals surface area contributed by atoms with Crippen molar-refractivity contribution in [3.05, 3.63) is 59.0 Å². The summed E-state index contributed by atoms with van der Waals surface area (Å²) in [6.07, 6.45) is 7.98. The van der Waals surface area contributed by atoms with Crippen molar-refractivity contribution >= 4 is 27.4 Å². The normalized spacial score (nSPS) is 20.0. The number of rotatable bonds is 9. The number of benzene rings is 1. The minimum atomic E-state index is -3.66. The highest BCUT2D eigenvalue weighted by Crippen LogP contribution is 2.49. The number of hydrogen-bond donors (Lipinski definition) is 4. The number of carbonyl (C=O) groups is 1. The minimum Gasteiger partial charge on any atom is -0.494 e. The molecule has 12 heteroatoms. The molecule has 2 aliphatic rings. The molecule has 2 heterocycles. The summed E-state index contributed by atoms with van der Waals surface area (Å²) in [6, 6.07) is 5.69. The van der Waals surface area contributed by atoms with Crippen LogP contribution in [0.1, 0.15) is 58.1 Å². The molecule has 1 aliphatic heterocycles. The lowest BCUT2D eigenvalue weighted by Crippen LogP contribution is -2.39. The highest BCUT2D eigenvalue weighted by atomic mass is 32.2. The van der Waals surface area contributed by atoms with Crippen molar-refractivity contribution in [1.29, 1.82) is 0 Å². The maximum absolute atomic E-state index is 12.4. The number of allylic oxidation sites excluding steroid dienone is 2. The Balaban J connectivity index is 1.90. The first kappa shape index (κ1) is 30.3. The largest absolute Gasteiger partial charge is 0.494 e. The van der Waals surface area contributed by atoms with E-state index < -0.39 is 21.5 Å². The van der Waals surface area contributed by atoms with Crippen molar-refractivity contribution in [1.82, 2.24) is 15.3 Å². The molecule has 1 aliphatic carbocycles. The van der Waals surface area contributed by atoms with Crippen molar-refractivity contribution < 1.29 is 22.7 Å². The van der Waals surface area contributed by atoms with Crippen LogP contribution in [0.15, 0.2) is 47.8 Å². The first-order valence-corrected chi connectivity index (χ1v) is 15.5. The number of hydrogen-bond acceptors (Lipinski definition) is 9. The number of aromatic nitrogens is 2. The Labute approximate surface area is 242 Å². The summed E-state index contributed by atoms with van der Waals surface area (Å²) in [7, 11) is -2.19. The van der Waals surface area contributed by atoms with Crippen LogP contribution in [0.2, 0.25) is 0 Å². The Hall–Kier alpha value is -3.64. The number of sulfonamides is 1. The summed E-state index contributed by atoms with van der Waals surface area (Å²) in [4.78, 5) is 21.3. The number of methoxy groups -OCH3 is 1. The lowest BCUT2D eigenvalue weighted by molar-refractivity contribution is -0.115. The van der Waals surface area contributed by atoms with Crippen molar-refractivity contribution in [2.24, 2.45) is 5.73 Å². The number of amides is 1. The summed E-state index contributed by atoms with van der Waals surface area (Å²) in [5.74, 6) is 0.577. The van der Waals surface area contributed by atoms with Gasteiger partial charge in [0.1, 0.15) is 12.1 Å². The van der Waals surface area contributed by atoms with Crippen LogP contribution >= 0.6 is 0 Å². The monoisotopic (exact) mass is 584 g/mol. The molecule has 1 saturated heterocycles. The first-order chi connectivity index (χ1) is 19.2. The third kappa shape index (κ3) is 6.99. The molecule has 222 valence electrons. The Morgan fingerprint density at radius 1 is 1.15 bits per heavy atom. The lowest BCUT2D eigenvalue weighted by atomic mass is 9.75. The van der Waals surface area contributed by atoms with E-state index in [0.717, 1.165) is 43.3 Å². The second kappa shape index (κ2) is 11.7. The van der Waals surface area contributed by atoms with Gasteiger partial charge in [-0.25, -0.2) is 18.4 Å². The van der Waals surface area contributed by atoms with Gasteiger partial charge < -0.3 is 25.8 Å². The molecule has 1 atom stereocenters. The van der Waals surface area contributed by atoms with Gasteiger partial charge in [-0.2, -0.15) is 0 Å². The van der Waals surface area contributed by atoms with Gasteiger partial charge in [-0.05, 0) is 61.5 Å². The van der Waals surface area contributed by atoms with E-state index in [4.69, 9.17) is 15.2 Å². The summed E-state index contributed by atoms with van der Waals surface area (Å²) < 4.78 is 40.0. The molecule has 4 rings (SSSR count). The predicted molar refractivity (Wildman–Crippen MR) is 160 cm³/mol. The topological polar surface area (TPSA) is 158 Å². The van der Waals surface area contributed by atoms with Crippen molar-refractivity contribution in [2.45, 2.75) is 64.0 Å². The van der Waals surface area contributed by atoms with Crippen LogP contribution in [0.5, 0.6) is 11.6 Å². The first-order valence-electron chi connectivity index (χ1n) is 13.6. The molecule has 1 aromatic heterocycles. The Morgan fingerprint density at radius 2 is 1.85 bits per heavy atom. The molecule has 0 saturated carbocycles. The fourth-order valence-corrected chi connectivity index (χ4v) is 5.71. The summed E-state index contributed by atoms with van der Waals surface area (Å²) in [5, 5.41) is 6.81. The number of nitrogens with one attached hydrogen (secondary N) is 3. The zero-order chi connectivity index (χ0) is 30.0. The van der Waals surface area contributed by atoms with E-state index in [-0.39, 0.29) is 35.2 Å². The molecule has 2 aromatic rings. The molecule has 0 spiro atoms. The molecule has 41 heavy (non-hydrogen) atoms. The molecule has 0 radical (unpaired) electrons. The van der Waals surface area contributed by atoms with Crippen LogP contribution in [0.3, 0.4) is 0 Å². The van der Waals surface area contributed by atoms with Crippen molar-refractivity contribution in [2.75, 3.05) is 36.5 Å². The Morgan fingerprint density at radius 3 is 2.46 bits per heavy atom. The quantitative estimate of drug-likeness (QED) is 0.347. The van der Waals surface area contributed by atoms with Crippen LogP contribution in [-0.2, 0) is 25.8 Å². The van der Waals surface area contributed by atoms with E-state index in [2.05, 4.69) is 25.3 Å². The van der Waals surface area contributed by atoms with Crippen LogP contribution in [0.4, 0.5) is 11.5 Å². The molecule has 11 nitrogen and oxygen atoms in total. The second-order valence-electron chi connectivity index (χ2n) is 11.7. The second-order valence-corrected chi connectivity index (χ2v) is 13.4. The van der Waals surface area contributed by atoms with Gasteiger partial charge in [0.15, 0.2) is 11.4 Å². The lowest BCUT2D eigenvalue weighted by Gasteiger charge is -2.39. The molecule has 1 aromatic carbocycles. The summed E-state index contributed by atoms with van der Waals surface area (Å²) in [6.45, 7) is 9.81. The third-order valence-electron chi connectivity index (χ3n) is 7.43. The van der Waals surface area contributed by atoms with E-state index in [1.165, 1.54) is 13.4 Å². The van der Waals surface area contributed by atoms with Crippen LogP contribution in [-0.4, -0.2) is 56.8 Å². The van der Waals surface area contributed by atoms with E-state index in [1.54, 1.807) is 24.3 Å². The standard InChI is InChI=1S/C29H40N6O5S/c1-18-7-8-19(27(30)36)16-29(18,40-25-15-24(32-17-33-25)34-21-9-11-31-12-10-21)22-13-20(28(2,3)4)14-23(26(22)39-5)35-41(6,37)38/h7-8,13-15,17,21,31,35H,9-12,16H2,1-6H3,(H2,30,36)(H,32,33,34). The maximum Gasteiger partial charge on any atom is 0.244 e. The number of anilines is 2. The van der Waals surface area contributed by atoms with Gasteiger partial charge in [0.05, 0.1) is 19.1 Å². The van der Waals surface area contributed by atoms with Crippen LogP contribution in [0.25, 0.3) is 0 Å². The highest BCUT2D eigenvalue weighted by molar-refractivity contribution is 7.92. The smallest absolute Gasteiger partial charge is 0.244 e. The Kier molecular flexibility index (Phi) is 8.65. The number of carbonyl (C=O) groups excluding carboxylic acids is 1. The molecular formula is C29H40N6O5S. The SMILES string of the molecule is COc1c(NS(C)(=O)=O)cc(C(C)(C)C)cc1C1(Oc2cc(NC3CCNCC3)ncn2)CC(C(N)=O)=CC=C1C. The van der Waals surface area contributed by atoms with Crippen molar-refractivity contribution in [3.63, 3.8) is 0 Å². The maximum atomic E-state index is 12.4. The Bertz CT molecular complexity index is 1480. The summed E-state index contributed by atoms with van der Waals surface area (Å²) in [5.41, 5.74) is 6.82. The molecule has 1 unspecified atom stereocenters. The summed E-state index contributed by atoms with van der Waals surface area (Å²) >= 11 is 0. The number of nitrogens with zero attached hydrogens (tertiary/aromatic N) is 2.